The number of nitrogens with one attached hydrogen (secondary N) is 2. The van der Waals surface area contributed by atoms with Gasteiger partial charge in [0.1, 0.15) is 5.69 Å². The van der Waals surface area contributed by atoms with Crippen LogP contribution >= 0.6 is 0 Å². The van der Waals surface area contributed by atoms with Gasteiger partial charge in [-0.25, -0.2) is 4.68 Å². The first-order valence-electron chi connectivity index (χ1n) is 9.35. The minimum absolute atomic E-state index is 0.117. The van der Waals surface area contributed by atoms with Crippen molar-refractivity contribution in [1.29, 1.82) is 0 Å². The van der Waals surface area contributed by atoms with Gasteiger partial charge in [0.25, 0.3) is 11.8 Å². The van der Waals surface area contributed by atoms with Gasteiger partial charge in [-0.2, -0.15) is 0 Å². The second kappa shape index (κ2) is 8.16. The molecule has 142 valence electrons. The van der Waals surface area contributed by atoms with Crippen molar-refractivity contribution in [2.45, 2.75) is 46.1 Å². The van der Waals surface area contributed by atoms with Gasteiger partial charge in [-0.3, -0.25) is 9.59 Å². The van der Waals surface area contributed by atoms with Gasteiger partial charge >= 0.3 is 0 Å². The normalized spacial score (nSPS) is 14.1. The number of hydrogen-bond acceptors (Lipinski definition) is 4. The molecule has 7 nitrogen and oxygen atoms in total. The minimum atomic E-state index is -0.196. The number of aromatic nitrogens is 3. The van der Waals surface area contributed by atoms with E-state index in [1.165, 1.54) is 0 Å². The van der Waals surface area contributed by atoms with Gasteiger partial charge in [-0.1, -0.05) is 17.7 Å². The molecule has 2 aromatic rings. The predicted molar refractivity (Wildman–Crippen MR) is 104 cm³/mol. The van der Waals surface area contributed by atoms with Crippen molar-refractivity contribution in [2.75, 3.05) is 6.54 Å². The summed E-state index contributed by atoms with van der Waals surface area (Å²) in [4.78, 5) is 24.5. The SMILES string of the molecule is CCNC(=O)c1ccc(-n2nnc(C(=O)NC3CC3)c2C=C(C)CC)cc1. The molecule has 1 saturated carbocycles. The van der Waals surface area contributed by atoms with Gasteiger partial charge in [-0.15, -0.1) is 5.10 Å². The number of hydrogen-bond donors (Lipinski definition) is 2. The fraction of sp³-hybridized carbons (Fsp3) is 0.400. The van der Waals surface area contributed by atoms with Crippen LogP contribution in [0.15, 0.2) is 29.8 Å². The van der Waals surface area contributed by atoms with Crippen LogP contribution in [0.3, 0.4) is 0 Å². The number of rotatable bonds is 7. The maximum absolute atomic E-state index is 12.5. The average Bonchev–Trinajstić information content (AvgIpc) is 3.39. The molecule has 3 rings (SSSR count). The number of carbonyl (C=O) groups is 2. The Morgan fingerprint density at radius 1 is 1.19 bits per heavy atom. The predicted octanol–water partition coefficient (Wildman–Crippen LogP) is 2.72. The van der Waals surface area contributed by atoms with E-state index in [4.69, 9.17) is 0 Å². The summed E-state index contributed by atoms with van der Waals surface area (Å²) in [6.07, 6.45) is 4.84. The molecule has 1 fully saturated rings. The van der Waals surface area contributed by atoms with E-state index in [1.807, 2.05) is 19.9 Å². The molecule has 27 heavy (non-hydrogen) atoms. The van der Waals surface area contributed by atoms with Crippen molar-refractivity contribution < 1.29 is 9.59 Å². The van der Waals surface area contributed by atoms with Crippen LogP contribution in [0.25, 0.3) is 11.8 Å². The first-order chi connectivity index (χ1) is 13.0. The van der Waals surface area contributed by atoms with Crippen LogP contribution in [0.2, 0.25) is 0 Å². The topological polar surface area (TPSA) is 88.9 Å². The third kappa shape index (κ3) is 4.42. The zero-order chi connectivity index (χ0) is 19.4. The minimum Gasteiger partial charge on any atom is -0.352 e. The fourth-order valence-corrected chi connectivity index (χ4v) is 2.60. The lowest BCUT2D eigenvalue weighted by atomic mass is 10.1. The second-order valence-corrected chi connectivity index (χ2v) is 6.73. The Morgan fingerprint density at radius 3 is 2.48 bits per heavy atom. The molecule has 1 aromatic heterocycles. The second-order valence-electron chi connectivity index (χ2n) is 6.73. The molecular weight excluding hydrogens is 342 g/mol. The van der Waals surface area contributed by atoms with Crippen molar-refractivity contribution in [2.24, 2.45) is 0 Å². The summed E-state index contributed by atoms with van der Waals surface area (Å²) in [7, 11) is 0. The zero-order valence-corrected chi connectivity index (χ0v) is 16.0. The number of allylic oxidation sites excluding steroid dienone is 1. The molecule has 1 aliphatic carbocycles. The molecule has 2 N–H and O–H groups in total. The summed E-state index contributed by atoms with van der Waals surface area (Å²) < 4.78 is 1.64. The summed E-state index contributed by atoms with van der Waals surface area (Å²) >= 11 is 0. The molecule has 7 heteroatoms. The quantitative estimate of drug-likeness (QED) is 0.787. The van der Waals surface area contributed by atoms with E-state index in [0.717, 1.165) is 30.5 Å². The molecular formula is C20H25N5O2. The monoisotopic (exact) mass is 367 g/mol. The third-order valence-corrected chi connectivity index (χ3v) is 4.48. The van der Waals surface area contributed by atoms with Crippen molar-refractivity contribution in [3.8, 4) is 5.69 Å². The number of carbonyl (C=O) groups excluding carboxylic acids is 2. The Labute approximate surface area is 158 Å². The number of nitrogens with zero attached hydrogens (tertiary/aromatic N) is 3. The number of benzene rings is 1. The summed E-state index contributed by atoms with van der Waals surface area (Å²) in [5.74, 6) is -0.313. The highest BCUT2D eigenvalue weighted by Gasteiger charge is 2.27. The van der Waals surface area contributed by atoms with Crippen LogP contribution < -0.4 is 10.6 Å². The average molecular weight is 367 g/mol. The highest BCUT2D eigenvalue weighted by molar-refractivity contribution is 5.96. The highest BCUT2D eigenvalue weighted by Crippen LogP contribution is 2.22. The molecule has 0 radical (unpaired) electrons. The molecule has 2 amide bonds. The van der Waals surface area contributed by atoms with E-state index < -0.39 is 0 Å². The largest absolute Gasteiger partial charge is 0.352 e. The van der Waals surface area contributed by atoms with Crippen LogP contribution in [0, 0.1) is 0 Å². The number of amides is 2. The third-order valence-electron chi connectivity index (χ3n) is 4.48. The van der Waals surface area contributed by atoms with E-state index >= 15 is 0 Å². The molecule has 0 saturated heterocycles. The van der Waals surface area contributed by atoms with Crippen molar-refractivity contribution in [1.82, 2.24) is 25.6 Å². The highest BCUT2D eigenvalue weighted by atomic mass is 16.2. The van der Waals surface area contributed by atoms with E-state index in [0.29, 0.717) is 23.5 Å². The van der Waals surface area contributed by atoms with Gasteiger partial charge in [0, 0.05) is 18.2 Å². The van der Waals surface area contributed by atoms with Crippen molar-refractivity contribution >= 4 is 17.9 Å². The summed E-state index contributed by atoms with van der Waals surface area (Å²) in [5.41, 5.74) is 3.42. The first kappa shape index (κ1) is 18.8. The molecule has 0 aliphatic heterocycles. The molecule has 1 aliphatic rings. The van der Waals surface area contributed by atoms with Gasteiger partial charge in [0.15, 0.2) is 5.69 Å². The van der Waals surface area contributed by atoms with E-state index in [2.05, 4.69) is 27.9 Å². The maximum Gasteiger partial charge on any atom is 0.274 e. The van der Waals surface area contributed by atoms with E-state index in [9.17, 15) is 9.59 Å². The van der Waals surface area contributed by atoms with Crippen LogP contribution in [-0.2, 0) is 0 Å². The Morgan fingerprint density at radius 2 is 1.89 bits per heavy atom. The van der Waals surface area contributed by atoms with Crippen LogP contribution in [0.4, 0.5) is 0 Å². The van der Waals surface area contributed by atoms with Gasteiger partial charge in [0.05, 0.1) is 5.69 Å². The van der Waals surface area contributed by atoms with Gasteiger partial charge in [-0.05, 0) is 63.5 Å². The summed E-state index contributed by atoms with van der Waals surface area (Å²) in [6.45, 7) is 6.53. The lowest BCUT2D eigenvalue weighted by Crippen LogP contribution is -2.26. The molecule has 0 unspecified atom stereocenters. The van der Waals surface area contributed by atoms with Gasteiger partial charge in [0.2, 0.25) is 0 Å². The van der Waals surface area contributed by atoms with Crippen LogP contribution in [0.1, 0.15) is 66.6 Å². The van der Waals surface area contributed by atoms with Crippen molar-refractivity contribution in [3.05, 3.63) is 46.8 Å². The van der Waals surface area contributed by atoms with Crippen LogP contribution in [0.5, 0.6) is 0 Å². The molecule has 0 bridgehead atoms. The summed E-state index contributed by atoms with van der Waals surface area (Å²) in [6, 6.07) is 7.35. The van der Waals surface area contributed by atoms with E-state index in [1.54, 1.807) is 28.9 Å². The molecule has 0 atom stereocenters. The van der Waals surface area contributed by atoms with Gasteiger partial charge < -0.3 is 10.6 Å². The Balaban J connectivity index is 1.95. The molecule has 1 heterocycles. The molecule has 0 spiro atoms. The summed E-state index contributed by atoms with van der Waals surface area (Å²) in [5, 5.41) is 14.1. The Bertz CT molecular complexity index is 863. The standard InChI is InChI=1S/C20H25N5O2/c1-4-13(3)12-17-18(20(27)22-15-8-9-15)23-24-25(17)16-10-6-14(7-11-16)19(26)21-5-2/h6-7,10-12,15H,4-5,8-9H2,1-3H3,(H,21,26)(H,22,27). The lowest BCUT2D eigenvalue weighted by Gasteiger charge is -2.08. The fourth-order valence-electron chi connectivity index (χ4n) is 2.60. The lowest BCUT2D eigenvalue weighted by molar-refractivity contribution is 0.0941. The van der Waals surface area contributed by atoms with Crippen LogP contribution in [-0.4, -0.2) is 39.4 Å². The Kier molecular flexibility index (Phi) is 5.69. The maximum atomic E-state index is 12.5. The smallest absolute Gasteiger partial charge is 0.274 e. The Hall–Kier alpha value is -2.96. The zero-order valence-electron chi connectivity index (χ0n) is 16.0. The first-order valence-corrected chi connectivity index (χ1v) is 9.35. The van der Waals surface area contributed by atoms with E-state index in [-0.39, 0.29) is 17.9 Å². The molecule has 1 aromatic carbocycles. The van der Waals surface area contributed by atoms with Crippen molar-refractivity contribution in [3.63, 3.8) is 0 Å².